The van der Waals surface area contributed by atoms with Crippen LogP contribution in [0, 0.1) is 0 Å². The fraction of sp³-hybridized carbons (Fsp3) is 1.00. The molecule has 0 saturated carbocycles. The Bertz CT molecular complexity index is 89.0. The van der Waals surface area contributed by atoms with Gasteiger partial charge in [0.25, 0.3) is 0 Å². The van der Waals surface area contributed by atoms with Gasteiger partial charge in [-0.1, -0.05) is 11.6 Å². The summed E-state index contributed by atoms with van der Waals surface area (Å²) in [6, 6.07) is 0. The molecule has 2 atom stereocenters. The van der Waals surface area contributed by atoms with E-state index in [1.165, 1.54) is 0 Å². The number of nitrogens with two attached hydrogens (primary N) is 1. The summed E-state index contributed by atoms with van der Waals surface area (Å²) < 4.78 is 24.3. The molecule has 0 bridgehead atoms. The Morgan fingerprint density at radius 1 is 1.70 bits per heavy atom. The van der Waals surface area contributed by atoms with Crippen LogP contribution >= 0.6 is 23.2 Å². The Balaban J connectivity index is 4.15. The van der Waals surface area contributed by atoms with Crippen molar-refractivity contribution in [3.05, 3.63) is 0 Å². The highest BCUT2D eigenvalue weighted by Gasteiger charge is 2.36. The second kappa shape index (κ2) is 4.28. The van der Waals surface area contributed by atoms with Crippen molar-refractivity contribution in [3.63, 3.8) is 0 Å². The smallest absolute Gasteiger partial charge is 0.196 e. The van der Waals surface area contributed by atoms with E-state index in [2.05, 4.69) is 0 Å². The summed E-state index contributed by atoms with van der Waals surface area (Å²) in [6.07, 6.45) is 0. The molecule has 0 spiro atoms. The van der Waals surface area contributed by atoms with Crippen LogP contribution in [0.15, 0.2) is 0 Å². The van der Waals surface area contributed by atoms with E-state index in [0.29, 0.717) is 0 Å². The number of rotatable bonds is 4. The quantitative estimate of drug-likeness (QED) is 0.396. The molecule has 0 aliphatic rings. The van der Waals surface area contributed by atoms with Crippen molar-refractivity contribution in [1.82, 2.24) is 5.43 Å². The van der Waals surface area contributed by atoms with Crippen molar-refractivity contribution >= 4 is 23.2 Å². The van der Waals surface area contributed by atoms with Crippen molar-refractivity contribution in [2.45, 2.75) is 11.2 Å². The first-order valence-electron chi connectivity index (χ1n) is 2.51. The van der Waals surface area contributed by atoms with Gasteiger partial charge in [0.15, 0.2) is 5.63 Å². The summed E-state index contributed by atoms with van der Waals surface area (Å²) in [6.45, 7) is -1.04. The Labute approximate surface area is 67.6 Å². The molecule has 6 heteroatoms. The van der Waals surface area contributed by atoms with Gasteiger partial charge in [-0.25, -0.2) is 14.2 Å². The van der Waals surface area contributed by atoms with Gasteiger partial charge in [0.2, 0.25) is 0 Å². The molecule has 0 aromatic rings. The molecule has 0 saturated heterocycles. The Kier molecular flexibility index (Phi) is 4.44. The van der Waals surface area contributed by atoms with Crippen LogP contribution in [-0.4, -0.2) is 23.7 Å². The summed E-state index contributed by atoms with van der Waals surface area (Å²) in [5.74, 6) is 4.52. The van der Waals surface area contributed by atoms with Crippen molar-refractivity contribution < 1.29 is 8.78 Å². The lowest BCUT2D eigenvalue weighted by molar-refractivity contribution is 0.189. The van der Waals surface area contributed by atoms with E-state index in [4.69, 9.17) is 29.0 Å². The van der Waals surface area contributed by atoms with Crippen LogP contribution in [0.1, 0.15) is 0 Å². The monoisotopic (exact) mass is 192 g/mol. The largest absolute Gasteiger partial charge is 0.271 e. The van der Waals surface area contributed by atoms with Crippen molar-refractivity contribution in [1.29, 1.82) is 0 Å². The van der Waals surface area contributed by atoms with Gasteiger partial charge >= 0.3 is 0 Å². The van der Waals surface area contributed by atoms with Gasteiger partial charge in [0.05, 0.1) is 0 Å². The summed E-state index contributed by atoms with van der Waals surface area (Å²) in [4.78, 5) is 0. The van der Waals surface area contributed by atoms with E-state index in [9.17, 15) is 8.78 Å². The first-order valence-corrected chi connectivity index (χ1v) is 3.48. The topological polar surface area (TPSA) is 38.0 Å². The van der Waals surface area contributed by atoms with E-state index >= 15 is 0 Å². The minimum absolute atomic E-state index is 0.315. The number of hydrogen-bond acceptors (Lipinski definition) is 2. The van der Waals surface area contributed by atoms with Crippen LogP contribution in [0.25, 0.3) is 0 Å². The highest BCUT2D eigenvalue weighted by Crippen LogP contribution is 2.19. The van der Waals surface area contributed by atoms with Crippen molar-refractivity contribution in [3.8, 4) is 0 Å². The van der Waals surface area contributed by atoms with Gasteiger partial charge < -0.3 is 0 Å². The van der Waals surface area contributed by atoms with Gasteiger partial charge in [-0.05, 0) is 0 Å². The number of nitrogens with one attached hydrogen (secondary N) is 1. The summed E-state index contributed by atoms with van der Waals surface area (Å²) in [5.41, 5.74) is -1.68. The lowest BCUT2D eigenvalue weighted by atomic mass is 10.1. The van der Waals surface area contributed by atoms with Crippen LogP contribution in [-0.2, 0) is 0 Å². The van der Waals surface area contributed by atoms with Crippen LogP contribution in [0.2, 0.25) is 0 Å². The zero-order chi connectivity index (χ0) is 8.20. The SMILES string of the molecule is NNC(CF)(CCl)C(F)Cl. The molecular weight excluding hydrogens is 185 g/mol. The van der Waals surface area contributed by atoms with Gasteiger partial charge in [-0.15, -0.1) is 11.6 Å². The maximum Gasteiger partial charge on any atom is 0.196 e. The van der Waals surface area contributed by atoms with Gasteiger partial charge in [0, 0.05) is 5.88 Å². The molecule has 0 aliphatic heterocycles. The minimum atomic E-state index is -1.93. The Morgan fingerprint density at radius 2 is 2.20 bits per heavy atom. The molecule has 0 aliphatic carbocycles. The number of hydrazine groups is 1. The average molecular weight is 193 g/mol. The fourth-order valence-electron chi connectivity index (χ4n) is 0.293. The van der Waals surface area contributed by atoms with E-state index in [-0.39, 0.29) is 5.88 Å². The fourth-order valence-corrected chi connectivity index (χ4v) is 0.854. The van der Waals surface area contributed by atoms with E-state index in [0.717, 1.165) is 0 Å². The zero-order valence-corrected chi connectivity index (χ0v) is 6.59. The minimum Gasteiger partial charge on any atom is -0.271 e. The second-order valence-electron chi connectivity index (χ2n) is 1.87. The second-order valence-corrected chi connectivity index (χ2v) is 2.52. The summed E-state index contributed by atoms with van der Waals surface area (Å²) >= 11 is 10.2. The molecule has 62 valence electrons. The standard InChI is InChI=1S/C4H8Cl2F2N2/c5-1-4(2-7,10-9)3(6)8/h3,10H,1-2,9H2. The van der Waals surface area contributed by atoms with Gasteiger partial charge in [-0.3, -0.25) is 5.84 Å². The van der Waals surface area contributed by atoms with E-state index in [1.54, 1.807) is 0 Å². The van der Waals surface area contributed by atoms with Crippen LogP contribution < -0.4 is 11.3 Å². The molecule has 0 aromatic carbocycles. The van der Waals surface area contributed by atoms with Crippen LogP contribution in [0.3, 0.4) is 0 Å². The molecule has 3 N–H and O–H groups in total. The van der Waals surface area contributed by atoms with Crippen molar-refractivity contribution in [2.75, 3.05) is 12.6 Å². The highest BCUT2D eigenvalue weighted by molar-refractivity contribution is 6.23. The van der Waals surface area contributed by atoms with Crippen LogP contribution in [0.5, 0.6) is 0 Å². The molecule has 0 fully saturated rings. The molecule has 0 heterocycles. The normalized spacial score (nSPS) is 20.1. The number of halogens is 4. The molecule has 0 amide bonds. The lowest BCUT2D eigenvalue weighted by Crippen LogP contribution is -2.57. The highest BCUT2D eigenvalue weighted by atomic mass is 35.5. The average Bonchev–Trinajstić information content (AvgIpc) is 1.92. The summed E-state index contributed by atoms with van der Waals surface area (Å²) in [5, 5.41) is 0. The molecule has 2 nitrogen and oxygen atoms in total. The maximum atomic E-state index is 12.3. The number of hydrogen-bond donors (Lipinski definition) is 2. The van der Waals surface area contributed by atoms with Crippen LogP contribution in [0.4, 0.5) is 8.78 Å². The third-order valence-corrected chi connectivity index (χ3v) is 2.08. The molecule has 2 unspecified atom stereocenters. The molecular formula is C4H8Cl2F2N2. The number of alkyl halides is 4. The summed E-state index contributed by atoms with van der Waals surface area (Å²) in [7, 11) is 0. The molecule has 0 aromatic heterocycles. The molecule has 0 rings (SSSR count). The predicted molar refractivity (Wildman–Crippen MR) is 37.5 cm³/mol. The van der Waals surface area contributed by atoms with Crippen molar-refractivity contribution in [2.24, 2.45) is 5.84 Å². The van der Waals surface area contributed by atoms with Gasteiger partial charge in [-0.2, -0.15) is 0 Å². The first-order chi connectivity index (χ1) is 4.63. The predicted octanol–water partition coefficient (Wildman–Crippen LogP) is 0.931. The molecule has 10 heavy (non-hydrogen) atoms. The molecule has 0 radical (unpaired) electrons. The first kappa shape index (κ1) is 10.4. The third kappa shape index (κ3) is 1.92. The van der Waals surface area contributed by atoms with E-state index in [1.807, 2.05) is 5.43 Å². The Morgan fingerprint density at radius 3 is 2.20 bits per heavy atom. The van der Waals surface area contributed by atoms with Gasteiger partial charge in [0.1, 0.15) is 12.2 Å². The maximum absolute atomic E-state index is 12.3. The third-order valence-electron chi connectivity index (χ3n) is 1.18. The van der Waals surface area contributed by atoms with E-state index < -0.39 is 17.8 Å². The zero-order valence-electron chi connectivity index (χ0n) is 5.08. The Hall–Kier alpha value is 0.360. The lowest BCUT2D eigenvalue weighted by Gasteiger charge is -2.27.